The summed E-state index contributed by atoms with van der Waals surface area (Å²) in [4.78, 5) is 29.5. The smallest absolute Gasteiger partial charge is 0.327 e. The lowest BCUT2D eigenvalue weighted by Crippen LogP contribution is -2.41. The summed E-state index contributed by atoms with van der Waals surface area (Å²) in [6.45, 7) is 3.48. The van der Waals surface area contributed by atoms with E-state index in [4.69, 9.17) is 4.52 Å². The summed E-state index contributed by atoms with van der Waals surface area (Å²) in [5.74, 6) is -0.550. The number of carbonyl (C=O) groups is 2. The number of hydrogen-bond donors (Lipinski definition) is 1. The standard InChI is InChI=1S/C13H13N3O4S/c1-6-3-8(10-7(2)15-20-11(10)14-6)12(17)16-5-21-4-9(16)13(18)19/h3,9H,4-5H2,1-2H3,(H,18,19). The van der Waals surface area contributed by atoms with Gasteiger partial charge in [0.05, 0.1) is 22.5 Å². The van der Waals surface area contributed by atoms with Crippen LogP contribution in [0.2, 0.25) is 0 Å². The predicted molar refractivity (Wildman–Crippen MR) is 76.2 cm³/mol. The van der Waals surface area contributed by atoms with Crippen LogP contribution in [0.5, 0.6) is 0 Å². The molecule has 1 amide bonds. The highest BCUT2D eigenvalue weighted by Gasteiger charge is 2.36. The van der Waals surface area contributed by atoms with Crippen LogP contribution in [0.15, 0.2) is 10.6 Å². The van der Waals surface area contributed by atoms with Crippen LogP contribution < -0.4 is 0 Å². The normalized spacial score (nSPS) is 18.4. The number of aromatic nitrogens is 2. The Morgan fingerprint density at radius 1 is 1.48 bits per heavy atom. The van der Waals surface area contributed by atoms with Crippen molar-refractivity contribution in [3.05, 3.63) is 23.0 Å². The Morgan fingerprint density at radius 2 is 2.24 bits per heavy atom. The van der Waals surface area contributed by atoms with Gasteiger partial charge in [0.2, 0.25) is 0 Å². The lowest BCUT2D eigenvalue weighted by atomic mass is 10.1. The van der Waals surface area contributed by atoms with Crippen molar-refractivity contribution in [2.45, 2.75) is 19.9 Å². The molecular weight excluding hydrogens is 294 g/mol. The molecule has 0 spiro atoms. The maximum absolute atomic E-state index is 12.7. The molecule has 0 radical (unpaired) electrons. The van der Waals surface area contributed by atoms with Crippen molar-refractivity contribution in [3.8, 4) is 0 Å². The van der Waals surface area contributed by atoms with Crippen LogP contribution in [0.1, 0.15) is 21.7 Å². The highest BCUT2D eigenvalue weighted by Crippen LogP contribution is 2.28. The summed E-state index contributed by atoms with van der Waals surface area (Å²) in [6, 6.07) is 0.850. The van der Waals surface area contributed by atoms with Gasteiger partial charge in [-0.25, -0.2) is 9.78 Å². The van der Waals surface area contributed by atoms with Crippen LogP contribution in [0.25, 0.3) is 11.1 Å². The van der Waals surface area contributed by atoms with Crippen LogP contribution >= 0.6 is 11.8 Å². The Bertz CT molecular complexity index is 742. The second-order valence-corrected chi connectivity index (χ2v) is 5.89. The fraction of sp³-hybridized carbons (Fsp3) is 0.385. The molecule has 21 heavy (non-hydrogen) atoms. The highest BCUT2D eigenvalue weighted by molar-refractivity contribution is 7.99. The Morgan fingerprint density at radius 3 is 2.95 bits per heavy atom. The molecule has 7 nitrogen and oxygen atoms in total. The third-order valence-electron chi connectivity index (χ3n) is 3.40. The molecule has 2 aromatic rings. The van der Waals surface area contributed by atoms with Gasteiger partial charge in [-0.2, -0.15) is 0 Å². The zero-order valence-electron chi connectivity index (χ0n) is 11.5. The molecule has 1 unspecified atom stereocenters. The molecule has 1 fully saturated rings. The number of aryl methyl sites for hydroxylation is 2. The van der Waals surface area contributed by atoms with Gasteiger partial charge in [0.25, 0.3) is 11.6 Å². The first-order valence-electron chi connectivity index (χ1n) is 6.34. The highest BCUT2D eigenvalue weighted by atomic mass is 32.2. The van der Waals surface area contributed by atoms with Gasteiger partial charge in [0.15, 0.2) is 0 Å². The first-order valence-corrected chi connectivity index (χ1v) is 7.49. The summed E-state index contributed by atoms with van der Waals surface area (Å²) in [7, 11) is 0. The molecule has 2 aromatic heterocycles. The number of carboxylic acids is 1. The molecule has 110 valence electrons. The average molecular weight is 307 g/mol. The summed E-state index contributed by atoms with van der Waals surface area (Å²) >= 11 is 1.43. The number of carbonyl (C=O) groups excluding carboxylic acids is 1. The molecule has 0 aromatic carbocycles. The number of fused-ring (bicyclic) bond motifs is 1. The molecule has 8 heteroatoms. The summed E-state index contributed by atoms with van der Waals surface area (Å²) < 4.78 is 5.10. The summed E-state index contributed by atoms with van der Waals surface area (Å²) in [5.41, 5.74) is 1.89. The molecule has 1 saturated heterocycles. The van der Waals surface area contributed by atoms with Crippen LogP contribution in [-0.4, -0.2) is 49.7 Å². The minimum absolute atomic E-state index is 0.301. The van der Waals surface area contributed by atoms with E-state index in [1.54, 1.807) is 19.9 Å². The van der Waals surface area contributed by atoms with Gasteiger partial charge >= 0.3 is 5.97 Å². The molecular formula is C13H13N3O4S. The van der Waals surface area contributed by atoms with Crippen molar-refractivity contribution >= 4 is 34.7 Å². The summed E-state index contributed by atoms with van der Waals surface area (Å²) in [5, 5.41) is 13.6. The molecule has 0 bridgehead atoms. The minimum Gasteiger partial charge on any atom is -0.480 e. The first-order chi connectivity index (χ1) is 9.99. The first kappa shape index (κ1) is 13.9. The van der Waals surface area contributed by atoms with Crippen LogP contribution in [0, 0.1) is 13.8 Å². The van der Waals surface area contributed by atoms with Crippen molar-refractivity contribution in [1.29, 1.82) is 0 Å². The number of rotatable bonds is 2. The maximum Gasteiger partial charge on any atom is 0.327 e. The second-order valence-electron chi connectivity index (χ2n) is 4.89. The number of aliphatic carboxylic acids is 1. The lowest BCUT2D eigenvalue weighted by molar-refractivity contribution is -0.140. The number of thioether (sulfide) groups is 1. The van der Waals surface area contributed by atoms with Gasteiger partial charge < -0.3 is 14.5 Å². The fourth-order valence-electron chi connectivity index (χ4n) is 2.39. The topological polar surface area (TPSA) is 96.5 Å². The van der Waals surface area contributed by atoms with Gasteiger partial charge in [0, 0.05) is 11.4 Å². The number of carboxylic acid groups (broad SMARTS) is 1. The number of amides is 1. The Kier molecular flexibility index (Phi) is 3.32. The number of nitrogens with zero attached hydrogens (tertiary/aromatic N) is 3. The van der Waals surface area contributed by atoms with E-state index in [-0.39, 0.29) is 5.91 Å². The predicted octanol–water partition coefficient (Wildman–Crippen LogP) is 1.44. The SMILES string of the molecule is Cc1cc(C(=O)N2CSCC2C(=O)O)c2c(C)noc2n1. The van der Waals surface area contributed by atoms with Crippen molar-refractivity contribution < 1.29 is 19.2 Å². The van der Waals surface area contributed by atoms with Gasteiger partial charge in [-0.15, -0.1) is 11.8 Å². The molecule has 3 rings (SSSR count). The molecule has 3 heterocycles. The van der Waals surface area contributed by atoms with Crippen molar-refractivity contribution in [3.63, 3.8) is 0 Å². The van der Waals surface area contributed by atoms with E-state index in [2.05, 4.69) is 10.1 Å². The van der Waals surface area contributed by atoms with Gasteiger partial charge in [-0.05, 0) is 19.9 Å². The lowest BCUT2D eigenvalue weighted by Gasteiger charge is -2.20. The Hall–Kier alpha value is -2.09. The fourth-order valence-corrected chi connectivity index (χ4v) is 3.53. The molecule has 0 aliphatic carbocycles. The van der Waals surface area contributed by atoms with Crippen molar-refractivity contribution in [2.75, 3.05) is 11.6 Å². The molecule has 0 saturated carbocycles. The minimum atomic E-state index is -0.989. The third-order valence-corrected chi connectivity index (χ3v) is 4.42. The van der Waals surface area contributed by atoms with E-state index in [0.717, 1.165) is 0 Å². The second kappa shape index (κ2) is 5.03. The molecule has 1 N–H and O–H groups in total. The van der Waals surface area contributed by atoms with E-state index in [1.807, 2.05) is 0 Å². The summed E-state index contributed by atoms with van der Waals surface area (Å²) in [6.07, 6.45) is 0. The van der Waals surface area contributed by atoms with E-state index in [9.17, 15) is 14.7 Å². The van der Waals surface area contributed by atoms with E-state index < -0.39 is 12.0 Å². The Balaban J connectivity index is 2.09. The monoisotopic (exact) mass is 307 g/mol. The van der Waals surface area contributed by atoms with E-state index >= 15 is 0 Å². The van der Waals surface area contributed by atoms with Gasteiger partial charge in [0.1, 0.15) is 6.04 Å². The third kappa shape index (κ3) is 2.25. The largest absolute Gasteiger partial charge is 0.480 e. The quantitative estimate of drug-likeness (QED) is 0.896. The zero-order chi connectivity index (χ0) is 15.1. The molecule has 1 aliphatic heterocycles. The van der Waals surface area contributed by atoms with E-state index in [1.165, 1.54) is 16.7 Å². The zero-order valence-corrected chi connectivity index (χ0v) is 12.3. The van der Waals surface area contributed by atoms with Crippen LogP contribution in [0.3, 0.4) is 0 Å². The molecule has 1 aliphatic rings. The van der Waals surface area contributed by atoms with Crippen molar-refractivity contribution in [1.82, 2.24) is 15.0 Å². The molecule has 1 atom stereocenters. The van der Waals surface area contributed by atoms with Crippen LogP contribution in [-0.2, 0) is 4.79 Å². The van der Waals surface area contributed by atoms with Gasteiger partial charge in [-0.1, -0.05) is 5.16 Å². The maximum atomic E-state index is 12.7. The van der Waals surface area contributed by atoms with Crippen molar-refractivity contribution in [2.24, 2.45) is 0 Å². The number of hydrogen-bond acceptors (Lipinski definition) is 6. The number of pyridine rings is 1. The Labute approximate surface area is 124 Å². The van der Waals surface area contributed by atoms with Gasteiger partial charge in [-0.3, -0.25) is 4.79 Å². The van der Waals surface area contributed by atoms with E-state index in [0.29, 0.717) is 39.7 Å². The van der Waals surface area contributed by atoms with Crippen LogP contribution in [0.4, 0.5) is 0 Å². The average Bonchev–Trinajstić information content (AvgIpc) is 3.04.